The Kier molecular flexibility index (Phi) is 5.54. The van der Waals surface area contributed by atoms with Crippen LogP contribution in [0.25, 0.3) is 5.82 Å². The highest BCUT2D eigenvalue weighted by atomic mass is 35.5. The standard InChI is InChI=1S/C23H26ClN5O2/c1-2-31-23(30)22-19-15-27(11-9-20(19)29(26-22)13-16-5-6-16)14-18-4-3-10-28(18)21-8-7-17(24)12-25-21/h3-4,7-8,10,12,16H,2,5-6,9,11,13-15H2,1H3. The number of carbonyl (C=O) groups is 1. The maximum Gasteiger partial charge on any atom is 0.359 e. The molecular formula is C23H26ClN5O2. The quantitative estimate of drug-likeness (QED) is 0.523. The van der Waals surface area contributed by atoms with E-state index in [0.29, 0.717) is 29.8 Å². The van der Waals surface area contributed by atoms with E-state index in [1.807, 2.05) is 31.3 Å². The van der Waals surface area contributed by atoms with E-state index >= 15 is 0 Å². The van der Waals surface area contributed by atoms with Gasteiger partial charge in [0.05, 0.1) is 11.6 Å². The normalized spacial score (nSPS) is 16.3. The number of pyridine rings is 1. The maximum atomic E-state index is 12.6. The van der Waals surface area contributed by atoms with Crippen molar-refractivity contribution >= 4 is 17.6 Å². The lowest BCUT2D eigenvalue weighted by Crippen LogP contribution is -2.32. The predicted molar refractivity (Wildman–Crippen MR) is 117 cm³/mol. The number of halogens is 1. The van der Waals surface area contributed by atoms with E-state index in [2.05, 4.69) is 30.3 Å². The van der Waals surface area contributed by atoms with Crippen molar-refractivity contribution in [2.24, 2.45) is 5.92 Å². The summed E-state index contributed by atoms with van der Waals surface area (Å²) in [5, 5.41) is 5.30. The number of fused-ring (bicyclic) bond motifs is 1. The molecule has 7 nitrogen and oxygen atoms in total. The molecule has 0 N–H and O–H groups in total. The van der Waals surface area contributed by atoms with Gasteiger partial charge in [0.2, 0.25) is 0 Å². The lowest BCUT2D eigenvalue weighted by Gasteiger charge is -2.28. The number of rotatable bonds is 7. The molecule has 2 aliphatic rings. The molecule has 0 aromatic carbocycles. The van der Waals surface area contributed by atoms with Crippen LogP contribution in [0.15, 0.2) is 36.7 Å². The lowest BCUT2D eigenvalue weighted by atomic mass is 10.0. The summed E-state index contributed by atoms with van der Waals surface area (Å²) in [6.45, 7) is 5.46. The number of carbonyl (C=O) groups excluding carboxylic acids is 1. The van der Waals surface area contributed by atoms with Crippen molar-refractivity contribution in [3.05, 3.63) is 64.3 Å². The molecular weight excluding hydrogens is 414 g/mol. The highest BCUT2D eigenvalue weighted by Gasteiger charge is 2.31. The van der Waals surface area contributed by atoms with Crippen molar-refractivity contribution in [1.29, 1.82) is 0 Å². The third-order valence-corrected chi connectivity index (χ3v) is 6.21. The van der Waals surface area contributed by atoms with Crippen LogP contribution in [-0.4, -0.2) is 43.4 Å². The molecule has 0 saturated heterocycles. The molecule has 4 heterocycles. The van der Waals surface area contributed by atoms with Gasteiger partial charge in [-0.2, -0.15) is 5.10 Å². The largest absolute Gasteiger partial charge is 0.461 e. The van der Waals surface area contributed by atoms with E-state index in [1.54, 1.807) is 6.20 Å². The van der Waals surface area contributed by atoms with Gasteiger partial charge in [-0.05, 0) is 49.9 Å². The Bertz CT molecular complexity index is 1080. The maximum absolute atomic E-state index is 12.6. The molecule has 1 aliphatic heterocycles. The van der Waals surface area contributed by atoms with Crippen molar-refractivity contribution < 1.29 is 9.53 Å². The fourth-order valence-electron chi connectivity index (χ4n) is 4.25. The molecule has 0 unspecified atom stereocenters. The molecule has 0 amide bonds. The minimum absolute atomic E-state index is 0.316. The summed E-state index contributed by atoms with van der Waals surface area (Å²) in [5.41, 5.74) is 3.84. The smallest absolute Gasteiger partial charge is 0.359 e. The second-order valence-electron chi connectivity index (χ2n) is 8.28. The molecule has 162 valence electrons. The molecule has 0 bridgehead atoms. The zero-order valence-electron chi connectivity index (χ0n) is 17.6. The van der Waals surface area contributed by atoms with Gasteiger partial charge in [-0.1, -0.05) is 11.6 Å². The van der Waals surface area contributed by atoms with Gasteiger partial charge in [-0.3, -0.25) is 9.58 Å². The van der Waals surface area contributed by atoms with E-state index in [1.165, 1.54) is 18.5 Å². The van der Waals surface area contributed by atoms with Gasteiger partial charge < -0.3 is 9.30 Å². The fraction of sp³-hybridized carbons (Fsp3) is 0.435. The molecule has 3 aromatic heterocycles. The molecule has 8 heteroatoms. The van der Waals surface area contributed by atoms with Gasteiger partial charge in [0.1, 0.15) is 5.82 Å². The van der Waals surface area contributed by atoms with Crippen LogP contribution < -0.4 is 0 Å². The van der Waals surface area contributed by atoms with Gasteiger partial charge in [-0.25, -0.2) is 9.78 Å². The first-order valence-corrected chi connectivity index (χ1v) is 11.3. The van der Waals surface area contributed by atoms with Crippen molar-refractivity contribution in [3.63, 3.8) is 0 Å². The molecule has 0 spiro atoms. The zero-order valence-corrected chi connectivity index (χ0v) is 18.4. The predicted octanol–water partition coefficient (Wildman–Crippen LogP) is 3.87. The van der Waals surface area contributed by atoms with Gasteiger partial charge >= 0.3 is 5.97 Å². The van der Waals surface area contributed by atoms with E-state index in [4.69, 9.17) is 16.3 Å². The minimum Gasteiger partial charge on any atom is -0.461 e. The van der Waals surface area contributed by atoms with Crippen LogP contribution >= 0.6 is 11.6 Å². The summed E-state index contributed by atoms with van der Waals surface area (Å²) < 4.78 is 9.44. The first-order chi connectivity index (χ1) is 15.1. The number of nitrogens with zero attached hydrogens (tertiary/aromatic N) is 5. The molecule has 1 fully saturated rings. The van der Waals surface area contributed by atoms with Gasteiger partial charge in [-0.15, -0.1) is 0 Å². The Labute approximate surface area is 186 Å². The van der Waals surface area contributed by atoms with E-state index < -0.39 is 0 Å². The molecule has 0 radical (unpaired) electrons. The van der Waals surface area contributed by atoms with Gasteiger partial charge in [0.15, 0.2) is 5.69 Å². The van der Waals surface area contributed by atoms with E-state index in [9.17, 15) is 4.79 Å². The monoisotopic (exact) mass is 439 g/mol. The summed E-state index contributed by atoms with van der Waals surface area (Å²) in [5.74, 6) is 1.22. The van der Waals surface area contributed by atoms with Crippen LogP contribution in [0, 0.1) is 5.92 Å². The number of ether oxygens (including phenoxy) is 1. The Morgan fingerprint density at radius 3 is 2.90 bits per heavy atom. The SMILES string of the molecule is CCOC(=O)c1nn(CC2CC2)c2c1CN(Cc1cccn1-c1ccc(Cl)cn1)CC2. The highest BCUT2D eigenvalue weighted by molar-refractivity contribution is 6.30. The third-order valence-electron chi connectivity index (χ3n) is 5.99. The van der Waals surface area contributed by atoms with Crippen molar-refractivity contribution in [1.82, 2.24) is 24.2 Å². The first-order valence-electron chi connectivity index (χ1n) is 10.9. The minimum atomic E-state index is -0.316. The van der Waals surface area contributed by atoms with Crippen LogP contribution in [0.4, 0.5) is 0 Å². The van der Waals surface area contributed by atoms with Crippen LogP contribution in [0.2, 0.25) is 5.02 Å². The first kappa shape index (κ1) is 20.3. The Balaban J connectivity index is 1.38. The third kappa shape index (κ3) is 4.25. The van der Waals surface area contributed by atoms with Gasteiger partial charge in [0, 0.05) is 61.9 Å². The summed E-state index contributed by atoms with van der Waals surface area (Å²) in [6.07, 6.45) is 7.07. The summed E-state index contributed by atoms with van der Waals surface area (Å²) in [7, 11) is 0. The molecule has 31 heavy (non-hydrogen) atoms. The van der Waals surface area contributed by atoms with Gasteiger partial charge in [0.25, 0.3) is 0 Å². The number of hydrogen-bond acceptors (Lipinski definition) is 5. The van der Waals surface area contributed by atoms with Crippen LogP contribution in [-0.2, 0) is 30.8 Å². The fourth-order valence-corrected chi connectivity index (χ4v) is 4.36. The highest BCUT2D eigenvalue weighted by Crippen LogP contribution is 2.33. The molecule has 0 atom stereocenters. The summed E-state index contributed by atoms with van der Waals surface area (Å²) in [4.78, 5) is 19.4. The van der Waals surface area contributed by atoms with Crippen molar-refractivity contribution in [2.45, 2.75) is 45.8 Å². The van der Waals surface area contributed by atoms with Crippen molar-refractivity contribution in [2.75, 3.05) is 13.2 Å². The van der Waals surface area contributed by atoms with Crippen LogP contribution in [0.3, 0.4) is 0 Å². The second-order valence-corrected chi connectivity index (χ2v) is 8.72. The zero-order chi connectivity index (χ0) is 21.4. The second kappa shape index (κ2) is 8.48. The van der Waals surface area contributed by atoms with E-state index in [0.717, 1.165) is 43.1 Å². The number of aromatic nitrogens is 4. The number of esters is 1. The summed E-state index contributed by atoms with van der Waals surface area (Å²) in [6, 6.07) is 7.90. The van der Waals surface area contributed by atoms with E-state index in [-0.39, 0.29) is 5.97 Å². The molecule has 1 saturated carbocycles. The Hall–Kier alpha value is -2.64. The molecule has 3 aromatic rings. The average Bonchev–Trinajstić information content (AvgIpc) is 3.35. The Morgan fingerprint density at radius 2 is 2.16 bits per heavy atom. The van der Waals surface area contributed by atoms with Crippen molar-refractivity contribution in [3.8, 4) is 5.82 Å². The summed E-state index contributed by atoms with van der Waals surface area (Å²) >= 11 is 5.99. The average molecular weight is 440 g/mol. The van der Waals surface area contributed by atoms with Crippen LogP contribution in [0.1, 0.15) is 47.2 Å². The molecule has 5 rings (SSSR count). The van der Waals surface area contributed by atoms with Crippen LogP contribution in [0.5, 0.6) is 0 Å². The lowest BCUT2D eigenvalue weighted by molar-refractivity contribution is 0.0515. The topological polar surface area (TPSA) is 65.2 Å². The molecule has 1 aliphatic carbocycles. The number of hydrogen-bond donors (Lipinski definition) is 0. The Morgan fingerprint density at radius 1 is 1.29 bits per heavy atom.